The lowest BCUT2D eigenvalue weighted by Gasteiger charge is -2.03. The lowest BCUT2D eigenvalue weighted by molar-refractivity contribution is 0.0973. The smallest absolute Gasteiger partial charge is 0.182 e. The second kappa shape index (κ2) is 10.1. The molecule has 0 aliphatic carbocycles. The molecule has 1 rings (SSSR count). The first-order valence-corrected chi connectivity index (χ1v) is 8.18. The number of aromatic nitrogens is 1. The van der Waals surface area contributed by atoms with E-state index >= 15 is 0 Å². The maximum absolute atomic E-state index is 11.9. The van der Waals surface area contributed by atoms with Crippen molar-refractivity contribution in [1.29, 1.82) is 0 Å². The number of hydrogen-bond acceptors (Lipinski definition) is 2. The summed E-state index contributed by atoms with van der Waals surface area (Å²) in [5.74, 6) is 0.151. The normalized spacial score (nSPS) is 10.6. The summed E-state index contributed by atoms with van der Waals surface area (Å²) in [6, 6.07) is 3.70. The molecule has 3 heteroatoms. The molecule has 1 aromatic heterocycles. The topological polar surface area (TPSA) is 30.0 Å². The molecule has 106 valence electrons. The van der Waals surface area contributed by atoms with E-state index in [0.29, 0.717) is 12.1 Å². The summed E-state index contributed by atoms with van der Waals surface area (Å²) in [5, 5.41) is 0. The Labute approximate surface area is 125 Å². The van der Waals surface area contributed by atoms with E-state index < -0.39 is 0 Å². The molecule has 0 N–H and O–H groups in total. The molecule has 0 bridgehead atoms. The van der Waals surface area contributed by atoms with Crippen LogP contribution in [0.5, 0.6) is 0 Å². The van der Waals surface area contributed by atoms with Crippen molar-refractivity contribution in [3.8, 4) is 0 Å². The Morgan fingerprint density at radius 1 is 1.11 bits per heavy atom. The van der Waals surface area contributed by atoms with Crippen LogP contribution >= 0.6 is 15.9 Å². The fourth-order valence-electron chi connectivity index (χ4n) is 2.13. The van der Waals surface area contributed by atoms with Gasteiger partial charge in [0.05, 0.1) is 0 Å². The fourth-order valence-corrected chi connectivity index (χ4v) is 2.60. The van der Waals surface area contributed by atoms with E-state index in [-0.39, 0.29) is 5.78 Å². The zero-order valence-electron chi connectivity index (χ0n) is 11.8. The van der Waals surface area contributed by atoms with E-state index in [2.05, 4.69) is 27.8 Å². The molecule has 2 nitrogen and oxygen atoms in total. The number of carbonyl (C=O) groups excluding carboxylic acids is 1. The molecule has 0 radical (unpaired) electrons. The summed E-state index contributed by atoms with van der Waals surface area (Å²) < 4.78 is 0.805. The number of unbranched alkanes of at least 4 members (excludes halogenated alkanes) is 7. The van der Waals surface area contributed by atoms with Gasteiger partial charge in [-0.1, -0.05) is 51.9 Å². The van der Waals surface area contributed by atoms with Crippen molar-refractivity contribution in [2.45, 2.75) is 64.7 Å². The Balaban J connectivity index is 2.10. The van der Waals surface area contributed by atoms with Gasteiger partial charge in [0, 0.05) is 17.1 Å². The van der Waals surface area contributed by atoms with Crippen LogP contribution in [0.1, 0.15) is 75.2 Å². The molecule has 19 heavy (non-hydrogen) atoms. The molecule has 0 saturated carbocycles. The van der Waals surface area contributed by atoms with Gasteiger partial charge in [0.15, 0.2) is 5.78 Å². The molecule has 0 amide bonds. The zero-order valence-corrected chi connectivity index (χ0v) is 13.4. The van der Waals surface area contributed by atoms with E-state index in [1.165, 1.54) is 38.5 Å². The lowest BCUT2D eigenvalue weighted by Crippen LogP contribution is -2.02. The van der Waals surface area contributed by atoms with Gasteiger partial charge in [-0.3, -0.25) is 9.78 Å². The van der Waals surface area contributed by atoms with E-state index in [0.717, 1.165) is 17.3 Å². The van der Waals surface area contributed by atoms with Crippen LogP contribution in [0.15, 0.2) is 22.8 Å². The number of halogens is 1. The van der Waals surface area contributed by atoms with Crippen LogP contribution in [0.4, 0.5) is 0 Å². The Hall–Kier alpha value is -0.700. The summed E-state index contributed by atoms with van der Waals surface area (Å²) >= 11 is 3.37. The van der Waals surface area contributed by atoms with Gasteiger partial charge in [-0.05, 0) is 34.5 Å². The van der Waals surface area contributed by atoms with Crippen molar-refractivity contribution in [3.05, 3.63) is 28.5 Å². The van der Waals surface area contributed by atoms with Crippen molar-refractivity contribution in [3.63, 3.8) is 0 Å². The van der Waals surface area contributed by atoms with E-state index in [9.17, 15) is 4.79 Å². The van der Waals surface area contributed by atoms with Crippen LogP contribution in [0.3, 0.4) is 0 Å². The van der Waals surface area contributed by atoms with Gasteiger partial charge in [-0.15, -0.1) is 0 Å². The second-order valence-corrected chi connectivity index (χ2v) is 5.84. The Kier molecular flexibility index (Phi) is 8.72. The molecule has 0 fully saturated rings. The maximum Gasteiger partial charge on any atom is 0.182 e. The van der Waals surface area contributed by atoms with Gasteiger partial charge in [-0.25, -0.2) is 0 Å². The molecule has 1 aromatic rings. The molecule has 1 heterocycles. The van der Waals surface area contributed by atoms with Crippen molar-refractivity contribution in [1.82, 2.24) is 4.98 Å². The van der Waals surface area contributed by atoms with Crippen molar-refractivity contribution < 1.29 is 4.79 Å². The number of ketones is 1. The fraction of sp³-hybridized carbons (Fsp3) is 0.625. The van der Waals surface area contributed by atoms with Crippen LogP contribution in [0, 0.1) is 0 Å². The molecule has 0 spiro atoms. The second-order valence-electron chi connectivity index (χ2n) is 4.98. The Bertz CT molecular complexity index is 379. The van der Waals surface area contributed by atoms with E-state index in [1.807, 2.05) is 12.1 Å². The van der Waals surface area contributed by atoms with Gasteiger partial charge >= 0.3 is 0 Å². The number of carbonyl (C=O) groups is 1. The molecule has 0 atom stereocenters. The summed E-state index contributed by atoms with van der Waals surface area (Å²) in [7, 11) is 0. The predicted octanol–water partition coefficient (Wildman–Crippen LogP) is 5.56. The van der Waals surface area contributed by atoms with Crippen molar-refractivity contribution in [2.24, 2.45) is 0 Å². The third kappa shape index (κ3) is 6.86. The highest BCUT2D eigenvalue weighted by Crippen LogP contribution is 2.17. The van der Waals surface area contributed by atoms with E-state index in [4.69, 9.17) is 0 Å². The summed E-state index contributed by atoms with van der Waals surface area (Å²) in [4.78, 5) is 16.1. The highest BCUT2D eigenvalue weighted by Gasteiger charge is 2.10. The molecule has 0 unspecified atom stereocenters. The van der Waals surface area contributed by atoms with Crippen LogP contribution in [-0.4, -0.2) is 10.8 Å². The lowest BCUT2D eigenvalue weighted by atomic mass is 10.1. The van der Waals surface area contributed by atoms with Gasteiger partial charge in [0.25, 0.3) is 0 Å². The van der Waals surface area contributed by atoms with Gasteiger partial charge in [0.1, 0.15) is 5.69 Å². The first-order valence-electron chi connectivity index (χ1n) is 7.39. The third-order valence-corrected chi connectivity index (χ3v) is 3.92. The molecular weight excluding hydrogens is 302 g/mol. The SMILES string of the molecule is CCCCCCCCCCC(=O)c1ncccc1Br. The van der Waals surface area contributed by atoms with Gasteiger partial charge in [-0.2, -0.15) is 0 Å². The van der Waals surface area contributed by atoms with Crippen LogP contribution in [0.25, 0.3) is 0 Å². The van der Waals surface area contributed by atoms with Gasteiger partial charge < -0.3 is 0 Å². The summed E-state index contributed by atoms with van der Waals surface area (Å²) in [5.41, 5.74) is 0.574. The third-order valence-electron chi connectivity index (χ3n) is 3.28. The molecule has 0 aliphatic heterocycles. The Morgan fingerprint density at radius 3 is 2.37 bits per heavy atom. The Morgan fingerprint density at radius 2 is 1.74 bits per heavy atom. The average molecular weight is 326 g/mol. The van der Waals surface area contributed by atoms with Crippen molar-refractivity contribution >= 4 is 21.7 Å². The monoisotopic (exact) mass is 325 g/mol. The number of hydrogen-bond donors (Lipinski definition) is 0. The average Bonchev–Trinajstić information content (AvgIpc) is 2.42. The minimum Gasteiger partial charge on any atom is -0.292 e. The standard InChI is InChI=1S/C16H24BrNO/c1-2-3-4-5-6-7-8-9-12-15(19)16-14(17)11-10-13-18-16/h10-11,13H,2-9,12H2,1H3. The predicted molar refractivity (Wildman–Crippen MR) is 83.5 cm³/mol. The first kappa shape index (κ1) is 16.4. The number of nitrogens with zero attached hydrogens (tertiary/aromatic N) is 1. The summed E-state index contributed by atoms with van der Waals surface area (Å²) in [6.45, 7) is 2.24. The van der Waals surface area contributed by atoms with Crippen LogP contribution in [-0.2, 0) is 0 Å². The molecule has 0 aliphatic rings. The minimum absolute atomic E-state index is 0.151. The zero-order chi connectivity index (χ0) is 13.9. The highest BCUT2D eigenvalue weighted by molar-refractivity contribution is 9.10. The van der Waals surface area contributed by atoms with Crippen LogP contribution in [0.2, 0.25) is 0 Å². The van der Waals surface area contributed by atoms with Crippen molar-refractivity contribution in [2.75, 3.05) is 0 Å². The largest absolute Gasteiger partial charge is 0.292 e. The molecule has 0 saturated heterocycles. The maximum atomic E-state index is 11.9. The van der Waals surface area contributed by atoms with Crippen LogP contribution < -0.4 is 0 Å². The highest BCUT2D eigenvalue weighted by atomic mass is 79.9. The molecule has 0 aromatic carbocycles. The summed E-state index contributed by atoms with van der Waals surface area (Å²) in [6.07, 6.45) is 12.3. The minimum atomic E-state index is 0.151. The first-order chi connectivity index (χ1) is 9.25. The molecular formula is C16H24BrNO. The van der Waals surface area contributed by atoms with Gasteiger partial charge in [0.2, 0.25) is 0 Å². The quantitative estimate of drug-likeness (QED) is 0.416. The van der Waals surface area contributed by atoms with E-state index in [1.54, 1.807) is 6.20 Å². The number of Topliss-reactive ketones (excluding diaryl/α,β-unsaturated/α-hetero) is 1. The number of rotatable bonds is 10. The number of pyridine rings is 1.